The van der Waals surface area contributed by atoms with Crippen molar-refractivity contribution in [3.63, 3.8) is 0 Å². The van der Waals surface area contributed by atoms with Crippen LogP contribution in [-0.4, -0.2) is 38.4 Å². The Kier molecular flexibility index (Phi) is 5.28. The first kappa shape index (κ1) is 17.2. The van der Waals surface area contributed by atoms with E-state index in [-0.39, 0.29) is 11.3 Å². The summed E-state index contributed by atoms with van der Waals surface area (Å²) < 4.78 is 4.90. The highest BCUT2D eigenvalue weighted by molar-refractivity contribution is 6.37. The molecule has 1 aromatic rings. The van der Waals surface area contributed by atoms with Crippen LogP contribution in [0.2, 0.25) is 0 Å². The van der Waals surface area contributed by atoms with Crippen LogP contribution in [0, 0.1) is 10.1 Å². The lowest BCUT2D eigenvalue weighted by atomic mass is 10.1. The molecule has 0 atom stereocenters. The molecule has 0 spiro atoms. The van der Waals surface area contributed by atoms with Gasteiger partial charge < -0.3 is 9.84 Å². The highest BCUT2D eigenvalue weighted by Crippen LogP contribution is 2.17. The van der Waals surface area contributed by atoms with Gasteiger partial charge in [-0.1, -0.05) is 0 Å². The van der Waals surface area contributed by atoms with E-state index in [9.17, 15) is 19.7 Å². The molecule has 22 heavy (non-hydrogen) atoms. The van der Waals surface area contributed by atoms with Gasteiger partial charge in [0.1, 0.15) is 17.5 Å². The maximum atomic E-state index is 11.6. The van der Waals surface area contributed by atoms with Crippen molar-refractivity contribution in [3.8, 4) is 0 Å². The third-order valence-electron chi connectivity index (χ3n) is 2.31. The van der Waals surface area contributed by atoms with Crippen LogP contribution < -0.4 is 0 Å². The number of aliphatic carboxylic acids is 1. The topological polar surface area (TPSA) is 132 Å². The molecule has 9 nitrogen and oxygen atoms in total. The Labute approximate surface area is 125 Å². The molecular weight excluding hydrogens is 294 g/mol. The maximum Gasteiger partial charge on any atom is 0.434 e. The molecule has 0 fully saturated rings. The molecule has 1 aromatic heterocycles. The third-order valence-corrected chi connectivity index (χ3v) is 2.31. The highest BCUT2D eigenvalue weighted by atomic mass is 16.6. The van der Waals surface area contributed by atoms with Crippen molar-refractivity contribution >= 4 is 23.5 Å². The summed E-state index contributed by atoms with van der Waals surface area (Å²) in [7, 11) is 0. The van der Waals surface area contributed by atoms with Gasteiger partial charge in [0.15, 0.2) is 0 Å². The number of aromatic nitrogens is 1. The first-order chi connectivity index (χ1) is 10.1. The predicted molar refractivity (Wildman–Crippen MR) is 75.9 cm³/mol. The number of ether oxygens (including phenoxy) is 1. The van der Waals surface area contributed by atoms with E-state index in [2.05, 4.69) is 9.98 Å². The number of pyridine rings is 1. The second-order valence-electron chi connectivity index (χ2n) is 5.28. The Morgan fingerprint density at radius 3 is 2.59 bits per heavy atom. The minimum Gasteiger partial charge on any atom is -0.477 e. The Morgan fingerprint density at radius 2 is 2.09 bits per heavy atom. The van der Waals surface area contributed by atoms with Gasteiger partial charge in [0.2, 0.25) is 0 Å². The van der Waals surface area contributed by atoms with E-state index in [4.69, 9.17) is 9.84 Å². The molecule has 0 aliphatic carbocycles. The van der Waals surface area contributed by atoms with Gasteiger partial charge in [-0.2, -0.15) is 4.99 Å². The van der Waals surface area contributed by atoms with Crippen LogP contribution in [0.3, 0.4) is 0 Å². The van der Waals surface area contributed by atoms with E-state index in [0.717, 1.165) is 6.20 Å². The molecule has 0 unspecified atom stereocenters. The number of carboxylic acid groups (broad SMARTS) is 1. The standard InChI is InChI=1S/C13H15N3O6/c1-13(2,3)22-12(19)15-9(11(17)18)6-8-4-5-14-7-10(8)16(20)21/h4-5,7H,6H2,1-3H3,(H,17,18). The monoisotopic (exact) mass is 309 g/mol. The molecule has 118 valence electrons. The quantitative estimate of drug-likeness (QED) is 0.511. The molecule has 1 heterocycles. The molecule has 1 amide bonds. The van der Waals surface area contributed by atoms with Crippen LogP contribution in [0.1, 0.15) is 26.3 Å². The number of hydrogen-bond donors (Lipinski definition) is 1. The fourth-order valence-corrected chi connectivity index (χ4v) is 1.47. The van der Waals surface area contributed by atoms with E-state index >= 15 is 0 Å². The number of nitro groups is 1. The summed E-state index contributed by atoms with van der Waals surface area (Å²) in [5.74, 6) is -1.46. The van der Waals surface area contributed by atoms with Gasteiger partial charge in [0.05, 0.1) is 4.92 Å². The Hall–Kier alpha value is -2.84. The van der Waals surface area contributed by atoms with E-state index in [1.54, 1.807) is 20.8 Å². The fourth-order valence-electron chi connectivity index (χ4n) is 1.47. The van der Waals surface area contributed by atoms with Crippen molar-refractivity contribution < 1.29 is 24.4 Å². The number of hydrogen-bond acceptors (Lipinski definition) is 6. The third kappa shape index (κ3) is 5.27. The smallest absolute Gasteiger partial charge is 0.434 e. The summed E-state index contributed by atoms with van der Waals surface area (Å²) in [4.78, 5) is 39.9. The van der Waals surface area contributed by atoms with Gasteiger partial charge >= 0.3 is 12.1 Å². The second-order valence-corrected chi connectivity index (χ2v) is 5.28. The molecule has 0 bridgehead atoms. The first-order valence-corrected chi connectivity index (χ1v) is 6.21. The number of carbonyl (C=O) groups is 2. The molecular formula is C13H15N3O6. The summed E-state index contributed by atoms with van der Waals surface area (Å²) in [5.41, 5.74) is -1.64. The second kappa shape index (κ2) is 6.74. The SMILES string of the molecule is CC(C)(C)OC(=O)N=C(Cc1ccncc1[N+](=O)[O-])C(=O)O. The predicted octanol–water partition coefficient (Wildman–Crippen LogP) is 1.99. The van der Waals surface area contributed by atoms with Crippen molar-refractivity contribution in [1.29, 1.82) is 0 Å². The van der Waals surface area contributed by atoms with E-state index in [1.165, 1.54) is 12.3 Å². The summed E-state index contributed by atoms with van der Waals surface area (Å²) in [6.07, 6.45) is 0.826. The van der Waals surface area contributed by atoms with E-state index in [0.29, 0.717) is 0 Å². The van der Waals surface area contributed by atoms with Crippen LogP contribution in [-0.2, 0) is 16.0 Å². The molecule has 0 aliphatic rings. The highest BCUT2D eigenvalue weighted by Gasteiger charge is 2.22. The zero-order valence-electron chi connectivity index (χ0n) is 12.3. The molecule has 0 saturated heterocycles. The average Bonchev–Trinajstić information content (AvgIpc) is 2.35. The number of carbonyl (C=O) groups excluding carboxylic acids is 1. The van der Waals surface area contributed by atoms with Gasteiger partial charge in [-0.05, 0) is 26.8 Å². The first-order valence-electron chi connectivity index (χ1n) is 6.21. The van der Waals surface area contributed by atoms with E-state index < -0.39 is 34.7 Å². The van der Waals surface area contributed by atoms with Gasteiger partial charge in [0.25, 0.3) is 5.69 Å². The molecule has 9 heteroatoms. The van der Waals surface area contributed by atoms with Crippen LogP contribution >= 0.6 is 0 Å². The normalized spacial score (nSPS) is 11.9. The van der Waals surface area contributed by atoms with Crippen molar-refractivity contribution in [3.05, 3.63) is 34.1 Å². The lowest BCUT2D eigenvalue weighted by Gasteiger charge is -2.17. The number of carboxylic acids is 1. The zero-order valence-corrected chi connectivity index (χ0v) is 12.3. The van der Waals surface area contributed by atoms with Crippen molar-refractivity contribution in [2.75, 3.05) is 0 Å². The lowest BCUT2D eigenvalue weighted by molar-refractivity contribution is -0.385. The largest absolute Gasteiger partial charge is 0.477 e. The molecule has 0 saturated carbocycles. The zero-order chi connectivity index (χ0) is 16.9. The fraction of sp³-hybridized carbons (Fsp3) is 0.385. The lowest BCUT2D eigenvalue weighted by Crippen LogP contribution is -2.25. The molecule has 0 radical (unpaired) electrons. The van der Waals surface area contributed by atoms with Crippen molar-refractivity contribution in [1.82, 2.24) is 4.98 Å². The van der Waals surface area contributed by atoms with E-state index in [1.807, 2.05) is 0 Å². The number of aliphatic imine (C=N–C) groups is 1. The van der Waals surface area contributed by atoms with Gasteiger partial charge in [0, 0.05) is 18.2 Å². The summed E-state index contributed by atoms with van der Waals surface area (Å²) in [6, 6.07) is 1.30. The Balaban J connectivity index is 3.07. The number of nitrogens with zero attached hydrogens (tertiary/aromatic N) is 3. The minimum absolute atomic E-state index is 0.0877. The Bertz CT molecular complexity index is 633. The van der Waals surface area contributed by atoms with Gasteiger partial charge in [-0.15, -0.1) is 0 Å². The molecule has 0 aromatic carbocycles. The maximum absolute atomic E-state index is 11.6. The average molecular weight is 309 g/mol. The van der Waals surface area contributed by atoms with Gasteiger partial charge in [-0.3, -0.25) is 15.1 Å². The molecule has 1 N–H and O–H groups in total. The van der Waals surface area contributed by atoms with Crippen LogP contribution in [0.5, 0.6) is 0 Å². The number of amides is 1. The minimum atomic E-state index is -1.46. The summed E-state index contributed by atoms with van der Waals surface area (Å²) in [6.45, 7) is 4.82. The van der Waals surface area contributed by atoms with Crippen molar-refractivity contribution in [2.45, 2.75) is 32.8 Å². The van der Waals surface area contributed by atoms with Crippen LogP contribution in [0.25, 0.3) is 0 Å². The molecule has 1 rings (SSSR count). The summed E-state index contributed by atoms with van der Waals surface area (Å²) in [5, 5.41) is 20.0. The van der Waals surface area contributed by atoms with Gasteiger partial charge in [-0.25, -0.2) is 9.59 Å². The summed E-state index contributed by atoms with van der Waals surface area (Å²) >= 11 is 0. The van der Waals surface area contributed by atoms with Crippen molar-refractivity contribution in [2.24, 2.45) is 4.99 Å². The Morgan fingerprint density at radius 1 is 1.45 bits per heavy atom. The van der Waals surface area contributed by atoms with Crippen LogP contribution in [0.15, 0.2) is 23.5 Å². The molecule has 0 aliphatic heterocycles. The van der Waals surface area contributed by atoms with Crippen LogP contribution in [0.4, 0.5) is 10.5 Å². The number of rotatable bonds is 4.